The lowest BCUT2D eigenvalue weighted by molar-refractivity contribution is 0.591. The van der Waals surface area contributed by atoms with Crippen molar-refractivity contribution in [2.24, 2.45) is 0 Å². The second-order valence-electron chi connectivity index (χ2n) is 5.42. The summed E-state index contributed by atoms with van der Waals surface area (Å²) in [4.78, 5) is 0. The van der Waals surface area contributed by atoms with Crippen molar-refractivity contribution in [2.75, 3.05) is 0 Å². The summed E-state index contributed by atoms with van der Waals surface area (Å²) in [6, 6.07) is 19.0. The molecule has 0 aliphatic heterocycles. The molecule has 0 saturated heterocycles. The first kappa shape index (κ1) is 13.6. The van der Waals surface area contributed by atoms with Crippen molar-refractivity contribution in [3.05, 3.63) is 60.2 Å². The summed E-state index contributed by atoms with van der Waals surface area (Å²) in [5.41, 5.74) is 1.50. The van der Waals surface area contributed by atoms with Gasteiger partial charge in [0.2, 0.25) is 0 Å². The Hall–Kier alpha value is -0.840. The minimum absolute atomic E-state index is 0.166. The number of hydrogen-bond acceptors (Lipinski definition) is 0. The van der Waals surface area contributed by atoms with Crippen molar-refractivity contribution >= 4 is 29.1 Å². The van der Waals surface area contributed by atoms with E-state index in [1.54, 1.807) is 0 Å². The number of hydrogen-bond donors (Lipinski definition) is 0. The van der Waals surface area contributed by atoms with E-state index in [0.29, 0.717) is 0 Å². The summed E-state index contributed by atoms with van der Waals surface area (Å²) in [7, 11) is -0.762. The fraction of sp³-hybridized carbons (Fsp3) is 0.250. The summed E-state index contributed by atoms with van der Waals surface area (Å²) >= 11 is 6.62. The molecule has 18 heavy (non-hydrogen) atoms. The average molecular weight is 277 g/mol. The SMILES string of the molecule is CC(C)(C)c1cccc(P(Cl)c2ccccc2)c1. The Bertz CT molecular complexity index is 514. The van der Waals surface area contributed by atoms with Crippen LogP contribution in [0.5, 0.6) is 0 Å². The Morgan fingerprint density at radius 2 is 1.44 bits per heavy atom. The van der Waals surface area contributed by atoms with Crippen LogP contribution in [0.25, 0.3) is 0 Å². The maximum absolute atomic E-state index is 6.62. The molecule has 0 nitrogen and oxygen atoms in total. The molecule has 2 aromatic rings. The van der Waals surface area contributed by atoms with E-state index in [1.807, 2.05) is 18.2 Å². The molecule has 0 fully saturated rings. The van der Waals surface area contributed by atoms with E-state index >= 15 is 0 Å². The molecular weight excluding hydrogens is 259 g/mol. The van der Waals surface area contributed by atoms with Gasteiger partial charge in [0.25, 0.3) is 0 Å². The topological polar surface area (TPSA) is 0 Å². The Balaban J connectivity index is 2.35. The van der Waals surface area contributed by atoms with E-state index in [2.05, 4.69) is 57.2 Å². The fourth-order valence-electron chi connectivity index (χ4n) is 1.80. The molecule has 0 aliphatic rings. The van der Waals surface area contributed by atoms with E-state index in [1.165, 1.54) is 16.2 Å². The second-order valence-corrected chi connectivity index (χ2v) is 8.03. The molecule has 2 aromatic carbocycles. The molecule has 2 heteroatoms. The van der Waals surface area contributed by atoms with Crippen LogP contribution in [-0.4, -0.2) is 0 Å². The zero-order chi connectivity index (χ0) is 13.2. The Morgan fingerprint density at radius 1 is 0.833 bits per heavy atom. The summed E-state index contributed by atoms with van der Waals surface area (Å²) in [5.74, 6) is 0. The van der Waals surface area contributed by atoms with Gasteiger partial charge >= 0.3 is 0 Å². The molecule has 0 spiro atoms. The number of rotatable bonds is 2. The first-order valence-corrected chi connectivity index (χ1v) is 8.34. The highest BCUT2D eigenvalue weighted by atomic mass is 35.7. The lowest BCUT2D eigenvalue weighted by atomic mass is 9.87. The largest absolute Gasteiger partial charge is 0.0859 e. The van der Waals surface area contributed by atoms with E-state index in [4.69, 9.17) is 11.2 Å². The quantitative estimate of drug-likeness (QED) is 0.705. The first-order chi connectivity index (χ1) is 8.48. The average Bonchev–Trinajstić information content (AvgIpc) is 2.38. The van der Waals surface area contributed by atoms with Crippen LogP contribution in [0.4, 0.5) is 0 Å². The first-order valence-electron chi connectivity index (χ1n) is 6.10. The van der Waals surface area contributed by atoms with E-state index in [0.717, 1.165) is 0 Å². The second kappa shape index (κ2) is 5.43. The van der Waals surface area contributed by atoms with Gasteiger partial charge in [0.05, 0.1) is 7.27 Å². The van der Waals surface area contributed by atoms with Gasteiger partial charge in [-0.05, 0) is 27.7 Å². The van der Waals surface area contributed by atoms with Crippen molar-refractivity contribution < 1.29 is 0 Å². The normalized spacial score (nSPS) is 13.3. The summed E-state index contributed by atoms with van der Waals surface area (Å²) in [6.45, 7) is 6.68. The van der Waals surface area contributed by atoms with Gasteiger partial charge in [-0.15, -0.1) is 0 Å². The van der Waals surface area contributed by atoms with E-state index < -0.39 is 7.27 Å². The van der Waals surface area contributed by atoms with Crippen LogP contribution in [0.2, 0.25) is 0 Å². The Labute approximate surface area is 116 Å². The van der Waals surface area contributed by atoms with Gasteiger partial charge in [-0.2, -0.15) is 0 Å². The molecule has 1 atom stereocenters. The minimum Gasteiger partial charge on any atom is -0.0859 e. The predicted molar refractivity (Wildman–Crippen MR) is 83.6 cm³/mol. The van der Waals surface area contributed by atoms with Gasteiger partial charge in [-0.3, -0.25) is 0 Å². The highest BCUT2D eigenvalue weighted by molar-refractivity contribution is 7.95. The standard InChI is InChI=1S/C16H18ClP/c1-16(2,3)13-8-7-11-15(12-13)18(17)14-9-5-4-6-10-14/h4-12H,1-3H3. The van der Waals surface area contributed by atoms with Crippen LogP contribution in [-0.2, 0) is 5.41 Å². The third-order valence-electron chi connectivity index (χ3n) is 2.92. The fourth-order valence-corrected chi connectivity index (χ4v) is 3.66. The van der Waals surface area contributed by atoms with E-state index in [9.17, 15) is 0 Å². The van der Waals surface area contributed by atoms with Crippen LogP contribution >= 0.6 is 18.5 Å². The molecule has 0 amide bonds. The smallest absolute Gasteiger partial charge is 0.0524 e. The van der Waals surface area contributed by atoms with Gasteiger partial charge in [-0.25, -0.2) is 0 Å². The van der Waals surface area contributed by atoms with Crippen molar-refractivity contribution in [1.82, 2.24) is 0 Å². The molecule has 1 unspecified atom stereocenters. The predicted octanol–water partition coefficient (Wildman–Crippen LogP) is 4.57. The third-order valence-corrected chi connectivity index (χ3v) is 5.58. The van der Waals surface area contributed by atoms with Crippen LogP contribution in [0.3, 0.4) is 0 Å². The van der Waals surface area contributed by atoms with Gasteiger partial charge < -0.3 is 0 Å². The van der Waals surface area contributed by atoms with Crippen LogP contribution in [0.1, 0.15) is 26.3 Å². The highest BCUT2D eigenvalue weighted by Gasteiger charge is 2.16. The Kier molecular flexibility index (Phi) is 4.10. The molecule has 0 heterocycles. The number of halogens is 1. The minimum atomic E-state index is -0.762. The molecule has 0 saturated carbocycles. The Morgan fingerprint density at radius 3 is 2.06 bits per heavy atom. The summed E-state index contributed by atoms with van der Waals surface area (Å²) in [6.07, 6.45) is 0. The van der Waals surface area contributed by atoms with Crippen LogP contribution in [0.15, 0.2) is 54.6 Å². The van der Waals surface area contributed by atoms with Gasteiger partial charge in [0.1, 0.15) is 0 Å². The van der Waals surface area contributed by atoms with Crippen molar-refractivity contribution in [3.63, 3.8) is 0 Å². The molecule has 0 N–H and O–H groups in total. The van der Waals surface area contributed by atoms with E-state index in [-0.39, 0.29) is 5.41 Å². The zero-order valence-electron chi connectivity index (χ0n) is 11.0. The van der Waals surface area contributed by atoms with Crippen LogP contribution in [0, 0.1) is 0 Å². The highest BCUT2D eigenvalue weighted by Crippen LogP contribution is 2.39. The molecule has 0 bridgehead atoms. The summed E-state index contributed by atoms with van der Waals surface area (Å²) in [5, 5.41) is 2.44. The van der Waals surface area contributed by atoms with Gasteiger partial charge in [0, 0.05) is 0 Å². The molecule has 0 radical (unpaired) electrons. The maximum Gasteiger partial charge on any atom is 0.0524 e. The summed E-state index contributed by atoms with van der Waals surface area (Å²) < 4.78 is 0. The molecule has 0 aliphatic carbocycles. The van der Waals surface area contributed by atoms with Crippen molar-refractivity contribution in [1.29, 1.82) is 0 Å². The van der Waals surface area contributed by atoms with Crippen molar-refractivity contribution in [2.45, 2.75) is 26.2 Å². The maximum atomic E-state index is 6.62. The molecule has 2 rings (SSSR count). The lowest BCUT2D eigenvalue weighted by Gasteiger charge is -2.21. The lowest BCUT2D eigenvalue weighted by Crippen LogP contribution is -2.15. The third kappa shape index (κ3) is 3.13. The van der Waals surface area contributed by atoms with Crippen molar-refractivity contribution in [3.8, 4) is 0 Å². The van der Waals surface area contributed by atoms with Gasteiger partial charge in [-0.1, -0.05) is 80.5 Å². The zero-order valence-corrected chi connectivity index (χ0v) is 12.7. The molecule has 94 valence electrons. The molecular formula is C16H18ClP. The van der Waals surface area contributed by atoms with Gasteiger partial charge in [0.15, 0.2) is 0 Å². The monoisotopic (exact) mass is 276 g/mol. The number of benzene rings is 2. The molecule has 0 aromatic heterocycles. The van der Waals surface area contributed by atoms with Crippen LogP contribution < -0.4 is 10.6 Å².